The molecular formula is C11H24N2O4. The summed E-state index contributed by atoms with van der Waals surface area (Å²) in [4.78, 5) is 20.4. The Morgan fingerprint density at radius 1 is 1.24 bits per heavy atom. The number of nitrogens with one attached hydrogen (secondary N) is 2. The monoisotopic (exact) mass is 248 g/mol. The SMILES string of the molecule is C1CCNCC1.CC(C)(C)OC(=O)NC(=O)O.[HH]. The third-order valence-electron chi connectivity index (χ3n) is 1.81. The van der Waals surface area contributed by atoms with Crippen molar-refractivity contribution < 1.29 is 20.9 Å². The number of carboxylic acid groups (broad SMARTS) is 1. The molecule has 0 spiro atoms. The molecule has 0 saturated carbocycles. The highest BCUT2D eigenvalue weighted by molar-refractivity contribution is 5.86. The van der Waals surface area contributed by atoms with Gasteiger partial charge in [-0.1, -0.05) is 6.42 Å². The lowest BCUT2D eigenvalue weighted by atomic mass is 10.2. The van der Waals surface area contributed by atoms with E-state index < -0.39 is 17.8 Å². The van der Waals surface area contributed by atoms with Gasteiger partial charge in [-0.05, 0) is 46.7 Å². The fourth-order valence-electron chi connectivity index (χ4n) is 1.19. The summed E-state index contributed by atoms with van der Waals surface area (Å²) in [6, 6.07) is 0. The number of ether oxygens (including phenoxy) is 1. The molecule has 3 N–H and O–H groups in total. The molecule has 1 heterocycles. The number of amides is 2. The van der Waals surface area contributed by atoms with Gasteiger partial charge in [0, 0.05) is 1.43 Å². The molecular weight excluding hydrogens is 224 g/mol. The summed E-state index contributed by atoms with van der Waals surface area (Å²) in [5, 5.41) is 12.9. The number of carbonyl (C=O) groups is 2. The number of hydrogen-bond acceptors (Lipinski definition) is 4. The maximum Gasteiger partial charge on any atom is 0.417 e. The van der Waals surface area contributed by atoms with Crippen LogP contribution < -0.4 is 10.6 Å². The van der Waals surface area contributed by atoms with Crippen LogP contribution in [-0.2, 0) is 4.74 Å². The van der Waals surface area contributed by atoms with Crippen molar-refractivity contribution in [2.24, 2.45) is 0 Å². The summed E-state index contributed by atoms with van der Waals surface area (Å²) in [7, 11) is 0. The van der Waals surface area contributed by atoms with Gasteiger partial charge in [0.1, 0.15) is 5.60 Å². The van der Waals surface area contributed by atoms with Gasteiger partial charge in [-0.25, -0.2) is 14.9 Å². The first-order chi connectivity index (χ1) is 7.81. The molecule has 1 rings (SSSR count). The topological polar surface area (TPSA) is 87.7 Å². The van der Waals surface area contributed by atoms with E-state index in [0.29, 0.717) is 0 Å². The minimum absolute atomic E-state index is 0. The Morgan fingerprint density at radius 2 is 1.76 bits per heavy atom. The van der Waals surface area contributed by atoms with Gasteiger partial charge in [0.25, 0.3) is 0 Å². The molecule has 6 nitrogen and oxygen atoms in total. The number of alkyl carbamates (subject to hydrolysis) is 1. The van der Waals surface area contributed by atoms with Crippen LogP contribution in [0, 0.1) is 0 Å². The Morgan fingerprint density at radius 3 is 2.00 bits per heavy atom. The molecule has 1 aliphatic rings. The first kappa shape index (κ1) is 15.7. The maximum absolute atomic E-state index is 10.6. The molecule has 0 aromatic heterocycles. The molecule has 0 aromatic carbocycles. The molecule has 102 valence electrons. The van der Waals surface area contributed by atoms with E-state index in [0.717, 1.165) is 0 Å². The third-order valence-corrected chi connectivity index (χ3v) is 1.81. The molecule has 0 aromatic rings. The number of carbonyl (C=O) groups excluding carboxylic acids is 1. The van der Waals surface area contributed by atoms with E-state index in [4.69, 9.17) is 5.11 Å². The lowest BCUT2D eigenvalue weighted by Crippen LogP contribution is -2.35. The normalized spacial score (nSPS) is 15.2. The van der Waals surface area contributed by atoms with Crippen LogP contribution in [0.2, 0.25) is 0 Å². The molecule has 6 heteroatoms. The largest absolute Gasteiger partial charge is 0.465 e. The van der Waals surface area contributed by atoms with Gasteiger partial charge in [-0.3, -0.25) is 0 Å². The first-order valence-corrected chi connectivity index (χ1v) is 5.75. The quantitative estimate of drug-likeness (QED) is 0.611. The first-order valence-electron chi connectivity index (χ1n) is 5.75. The summed E-state index contributed by atoms with van der Waals surface area (Å²) in [5.41, 5.74) is -0.667. The molecule has 1 fully saturated rings. The second kappa shape index (κ2) is 7.89. The Bertz CT molecular complexity index is 238. The Labute approximate surface area is 103 Å². The predicted octanol–water partition coefficient (Wildman–Crippen LogP) is 2.20. The van der Waals surface area contributed by atoms with Gasteiger partial charge in [-0.15, -0.1) is 0 Å². The summed E-state index contributed by atoms with van der Waals surface area (Å²) in [5.74, 6) is 0. The van der Waals surface area contributed by atoms with Crippen LogP contribution in [0.25, 0.3) is 0 Å². The highest BCUT2D eigenvalue weighted by Gasteiger charge is 2.17. The molecule has 1 saturated heterocycles. The zero-order valence-electron chi connectivity index (χ0n) is 10.7. The predicted molar refractivity (Wildman–Crippen MR) is 66.2 cm³/mol. The summed E-state index contributed by atoms with van der Waals surface area (Å²) in [6.07, 6.45) is 1.84. The molecule has 17 heavy (non-hydrogen) atoms. The fourth-order valence-corrected chi connectivity index (χ4v) is 1.19. The van der Waals surface area contributed by atoms with Gasteiger partial charge in [0.15, 0.2) is 0 Å². The lowest BCUT2D eigenvalue weighted by Gasteiger charge is -2.18. The maximum atomic E-state index is 10.6. The van der Waals surface area contributed by atoms with Crippen LogP contribution in [-0.4, -0.2) is 36.0 Å². The molecule has 0 atom stereocenters. The minimum Gasteiger partial charge on any atom is -0.465 e. The van der Waals surface area contributed by atoms with E-state index in [1.54, 1.807) is 26.1 Å². The van der Waals surface area contributed by atoms with E-state index >= 15 is 0 Å². The van der Waals surface area contributed by atoms with Crippen LogP contribution >= 0.6 is 0 Å². The van der Waals surface area contributed by atoms with Gasteiger partial charge in [-0.2, -0.15) is 0 Å². The van der Waals surface area contributed by atoms with Crippen LogP contribution in [0.5, 0.6) is 0 Å². The Balaban J connectivity index is 0. The van der Waals surface area contributed by atoms with Crippen molar-refractivity contribution in [3.05, 3.63) is 0 Å². The highest BCUT2D eigenvalue weighted by Crippen LogP contribution is 2.05. The van der Waals surface area contributed by atoms with E-state index in [-0.39, 0.29) is 1.43 Å². The third kappa shape index (κ3) is 12.6. The number of hydrogen-bond donors (Lipinski definition) is 3. The minimum atomic E-state index is -1.42. The Kier molecular flexibility index (Phi) is 7.29. The zero-order chi connectivity index (χ0) is 13.3. The number of imide groups is 1. The van der Waals surface area contributed by atoms with Gasteiger partial charge in [0.05, 0.1) is 0 Å². The van der Waals surface area contributed by atoms with E-state index in [9.17, 15) is 9.59 Å². The fraction of sp³-hybridized carbons (Fsp3) is 0.818. The highest BCUT2D eigenvalue weighted by atomic mass is 16.6. The average Bonchev–Trinajstić information content (AvgIpc) is 2.16. The summed E-state index contributed by atoms with van der Waals surface area (Å²) < 4.78 is 4.62. The molecule has 0 unspecified atom stereocenters. The molecule has 1 aliphatic heterocycles. The second-order valence-electron chi connectivity index (χ2n) is 4.74. The van der Waals surface area contributed by atoms with Crippen LogP contribution in [0.15, 0.2) is 0 Å². The second-order valence-corrected chi connectivity index (χ2v) is 4.74. The van der Waals surface area contributed by atoms with Crippen molar-refractivity contribution in [2.75, 3.05) is 13.1 Å². The van der Waals surface area contributed by atoms with Gasteiger partial charge >= 0.3 is 12.2 Å². The summed E-state index contributed by atoms with van der Waals surface area (Å²) in [6.45, 7) is 7.44. The zero-order valence-corrected chi connectivity index (χ0v) is 10.7. The van der Waals surface area contributed by atoms with Crippen LogP contribution in [0.1, 0.15) is 41.5 Å². The molecule has 0 bridgehead atoms. The number of rotatable bonds is 0. The van der Waals surface area contributed by atoms with Gasteiger partial charge in [0.2, 0.25) is 0 Å². The molecule has 0 aliphatic carbocycles. The smallest absolute Gasteiger partial charge is 0.417 e. The van der Waals surface area contributed by atoms with Gasteiger partial charge < -0.3 is 15.2 Å². The Hall–Kier alpha value is -1.30. The molecule has 0 radical (unpaired) electrons. The lowest BCUT2D eigenvalue weighted by molar-refractivity contribution is 0.0530. The van der Waals surface area contributed by atoms with Crippen LogP contribution in [0.3, 0.4) is 0 Å². The summed E-state index contributed by atoms with van der Waals surface area (Å²) >= 11 is 0. The van der Waals surface area contributed by atoms with Crippen molar-refractivity contribution in [3.63, 3.8) is 0 Å². The van der Waals surface area contributed by atoms with Crippen LogP contribution in [0.4, 0.5) is 9.59 Å². The van der Waals surface area contributed by atoms with Crippen molar-refractivity contribution in [2.45, 2.75) is 45.6 Å². The standard InChI is InChI=1S/C6H11NO4.C5H11N.H2/c1-6(2,3)11-5(10)7-4(8)9;1-2-4-6-5-3-1;/h1-3H3,(H,7,10)(H,8,9);6H,1-5H2;1H. The van der Waals surface area contributed by atoms with E-state index in [1.807, 2.05) is 0 Å². The average molecular weight is 248 g/mol. The van der Waals surface area contributed by atoms with Crippen molar-refractivity contribution in [1.82, 2.24) is 10.6 Å². The van der Waals surface area contributed by atoms with Crippen molar-refractivity contribution in [3.8, 4) is 0 Å². The van der Waals surface area contributed by atoms with E-state index in [2.05, 4.69) is 10.1 Å². The van der Waals surface area contributed by atoms with Crippen molar-refractivity contribution in [1.29, 1.82) is 0 Å². The molecule has 2 amide bonds. The van der Waals surface area contributed by atoms with Crippen molar-refractivity contribution >= 4 is 12.2 Å². The van der Waals surface area contributed by atoms with E-state index in [1.165, 1.54) is 32.4 Å². The number of piperidine rings is 1.